The number of hydrogen-bond acceptors (Lipinski definition) is 3. The number of aromatic nitrogens is 1. The van der Waals surface area contributed by atoms with Gasteiger partial charge in [0.25, 0.3) is 0 Å². The summed E-state index contributed by atoms with van der Waals surface area (Å²) in [4.78, 5) is 4.33. The Kier molecular flexibility index (Phi) is 3.41. The molecule has 0 aliphatic carbocycles. The monoisotopic (exact) mass is 245 g/mol. The molecule has 0 saturated heterocycles. The smallest absolute Gasteiger partial charge is 0.118 e. The fourth-order valence-electron chi connectivity index (χ4n) is 1.72. The zero-order chi connectivity index (χ0) is 12.4. The molecule has 3 nitrogen and oxygen atoms in total. The van der Waals surface area contributed by atoms with Gasteiger partial charge in [-0.25, -0.2) is 4.31 Å². The van der Waals surface area contributed by atoms with E-state index >= 15 is 0 Å². The van der Waals surface area contributed by atoms with Crippen molar-refractivity contribution in [2.75, 3.05) is 13.6 Å². The topological polar surface area (TPSA) is 42.8 Å². The molecule has 0 unspecified atom stereocenters. The average Bonchev–Trinajstić information content (AvgIpc) is 2.71. The van der Waals surface area contributed by atoms with Crippen molar-refractivity contribution >= 4 is 22.9 Å². The van der Waals surface area contributed by atoms with E-state index in [1.54, 1.807) is 11.9 Å². The number of hydrogen-bond donors (Lipinski definition) is 1. The first-order chi connectivity index (χ1) is 8.13. The van der Waals surface area contributed by atoms with Crippen molar-refractivity contribution < 1.29 is 0 Å². The van der Waals surface area contributed by atoms with Crippen molar-refractivity contribution in [3.8, 4) is 6.07 Å². The van der Waals surface area contributed by atoms with Gasteiger partial charge in [-0.3, -0.25) is 0 Å². The molecule has 0 saturated carbocycles. The summed E-state index contributed by atoms with van der Waals surface area (Å²) < 4.78 is 2.17. The first-order valence-electron chi connectivity index (χ1n) is 5.56. The van der Waals surface area contributed by atoms with E-state index in [9.17, 15) is 0 Å². The van der Waals surface area contributed by atoms with Gasteiger partial charge in [0.1, 0.15) is 11.8 Å². The van der Waals surface area contributed by atoms with Crippen LogP contribution in [0, 0.1) is 18.3 Å². The highest BCUT2D eigenvalue weighted by atomic mass is 32.2. The predicted octanol–water partition coefficient (Wildman–Crippen LogP) is 3.31. The molecular weight excluding hydrogens is 230 g/mol. The maximum Gasteiger partial charge on any atom is 0.118 e. The number of aryl methyl sites for hydroxylation is 1. The van der Waals surface area contributed by atoms with Crippen molar-refractivity contribution in [3.63, 3.8) is 0 Å². The van der Waals surface area contributed by atoms with Crippen LogP contribution >= 0.6 is 11.9 Å². The summed E-state index contributed by atoms with van der Waals surface area (Å²) in [5, 5.41) is 10.0. The van der Waals surface area contributed by atoms with Gasteiger partial charge in [0, 0.05) is 16.8 Å². The van der Waals surface area contributed by atoms with Gasteiger partial charge in [0.05, 0.1) is 5.52 Å². The Balaban J connectivity index is 2.53. The van der Waals surface area contributed by atoms with E-state index in [0.29, 0.717) is 5.69 Å². The lowest BCUT2D eigenvalue weighted by molar-refractivity contribution is 0.602. The number of nitriles is 1. The molecule has 4 heteroatoms. The van der Waals surface area contributed by atoms with Crippen molar-refractivity contribution in [2.45, 2.75) is 18.7 Å². The zero-order valence-electron chi connectivity index (χ0n) is 10.2. The van der Waals surface area contributed by atoms with Crippen molar-refractivity contribution in [2.24, 2.45) is 0 Å². The Hall–Kier alpha value is -1.44. The summed E-state index contributed by atoms with van der Waals surface area (Å²) in [5.41, 5.74) is 2.89. The number of nitrogens with zero attached hydrogens (tertiary/aromatic N) is 2. The third-order valence-corrected chi connectivity index (χ3v) is 3.75. The van der Waals surface area contributed by atoms with Gasteiger partial charge in [-0.1, -0.05) is 6.92 Å². The molecule has 88 valence electrons. The summed E-state index contributed by atoms with van der Waals surface area (Å²) in [5.74, 6) is 0. The second-order valence-electron chi connectivity index (χ2n) is 4.06. The molecule has 0 fully saturated rings. The lowest BCUT2D eigenvalue weighted by atomic mass is 10.2. The Morgan fingerprint density at radius 3 is 2.82 bits per heavy atom. The third-order valence-electron chi connectivity index (χ3n) is 2.66. The summed E-state index contributed by atoms with van der Waals surface area (Å²) in [6.45, 7) is 5.18. The van der Waals surface area contributed by atoms with Gasteiger partial charge in [-0.15, -0.1) is 0 Å². The normalized spacial score (nSPS) is 11.0. The van der Waals surface area contributed by atoms with Gasteiger partial charge in [0.2, 0.25) is 0 Å². The number of benzene rings is 1. The minimum absolute atomic E-state index is 0.617. The molecule has 1 aromatic heterocycles. The van der Waals surface area contributed by atoms with Crippen LogP contribution in [0.4, 0.5) is 0 Å². The quantitative estimate of drug-likeness (QED) is 0.844. The number of H-pyrrole nitrogens is 1. The second-order valence-corrected chi connectivity index (χ2v) is 5.30. The number of aromatic amines is 1. The fourth-order valence-corrected chi connectivity index (χ4v) is 2.68. The van der Waals surface area contributed by atoms with Crippen LogP contribution < -0.4 is 0 Å². The van der Waals surface area contributed by atoms with Gasteiger partial charge >= 0.3 is 0 Å². The van der Waals surface area contributed by atoms with E-state index in [-0.39, 0.29) is 0 Å². The van der Waals surface area contributed by atoms with Gasteiger partial charge < -0.3 is 4.98 Å². The molecule has 0 aliphatic rings. The van der Waals surface area contributed by atoms with Crippen LogP contribution in [0.3, 0.4) is 0 Å². The molecule has 1 N–H and O–H groups in total. The maximum absolute atomic E-state index is 8.93. The average molecular weight is 245 g/mol. The zero-order valence-corrected chi connectivity index (χ0v) is 11.1. The number of rotatable bonds is 3. The highest BCUT2D eigenvalue weighted by Crippen LogP contribution is 2.30. The Labute approximate surface area is 106 Å². The fraction of sp³-hybridized carbons (Fsp3) is 0.308. The van der Waals surface area contributed by atoms with Crippen LogP contribution in [-0.4, -0.2) is 22.9 Å². The first-order valence-corrected chi connectivity index (χ1v) is 6.34. The van der Waals surface area contributed by atoms with Gasteiger partial charge in [-0.05, 0) is 49.7 Å². The molecule has 0 radical (unpaired) electrons. The van der Waals surface area contributed by atoms with Crippen LogP contribution in [0.1, 0.15) is 18.2 Å². The minimum atomic E-state index is 0.617. The number of fused-ring (bicyclic) bond motifs is 1. The standard InChI is InChI=1S/C13H15N3S/c1-4-16(3)17-12-6-9(2)5-10-7-11(8-14)15-13(10)12/h5-7,15H,4H2,1-3H3. The van der Waals surface area contributed by atoms with Crippen LogP contribution in [0.2, 0.25) is 0 Å². The molecule has 0 spiro atoms. The van der Waals surface area contributed by atoms with Crippen molar-refractivity contribution in [1.29, 1.82) is 5.26 Å². The van der Waals surface area contributed by atoms with Gasteiger partial charge in [-0.2, -0.15) is 5.26 Å². The maximum atomic E-state index is 8.93. The van der Waals surface area contributed by atoms with E-state index in [1.807, 2.05) is 6.07 Å². The highest BCUT2D eigenvalue weighted by Gasteiger charge is 2.09. The predicted molar refractivity (Wildman–Crippen MR) is 71.9 cm³/mol. The van der Waals surface area contributed by atoms with Crippen LogP contribution in [0.5, 0.6) is 0 Å². The Morgan fingerprint density at radius 2 is 2.18 bits per heavy atom. The first kappa shape index (κ1) is 12.0. The van der Waals surface area contributed by atoms with Crippen LogP contribution in [0.15, 0.2) is 23.1 Å². The molecule has 17 heavy (non-hydrogen) atoms. The van der Waals surface area contributed by atoms with Crippen LogP contribution in [0.25, 0.3) is 10.9 Å². The Bertz CT molecular complexity index is 580. The summed E-state index contributed by atoms with van der Waals surface area (Å²) in [6, 6.07) is 8.30. The lowest BCUT2D eigenvalue weighted by Gasteiger charge is -2.13. The molecule has 0 bridgehead atoms. The van der Waals surface area contributed by atoms with Crippen molar-refractivity contribution in [3.05, 3.63) is 29.5 Å². The lowest BCUT2D eigenvalue weighted by Crippen LogP contribution is -2.06. The van der Waals surface area contributed by atoms with E-state index in [2.05, 4.69) is 48.4 Å². The Morgan fingerprint density at radius 1 is 1.41 bits per heavy atom. The molecule has 0 aliphatic heterocycles. The largest absolute Gasteiger partial charge is 0.345 e. The minimum Gasteiger partial charge on any atom is -0.345 e. The highest BCUT2D eigenvalue weighted by molar-refractivity contribution is 7.97. The van der Waals surface area contributed by atoms with E-state index in [0.717, 1.165) is 17.4 Å². The van der Waals surface area contributed by atoms with E-state index < -0.39 is 0 Å². The molecule has 1 heterocycles. The molecule has 1 aromatic carbocycles. The van der Waals surface area contributed by atoms with Crippen molar-refractivity contribution in [1.82, 2.24) is 9.29 Å². The third kappa shape index (κ3) is 2.46. The molecule has 2 rings (SSSR count). The second kappa shape index (κ2) is 4.82. The number of nitrogens with one attached hydrogen (secondary N) is 1. The summed E-state index contributed by atoms with van der Waals surface area (Å²) in [6.07, 6.45) is 0. The summed E-state index contributed by atoms with van der Waals surface area (Å²) in [7, 11) is 2.06. The molecule has 0 atom stereocenters. The molecule has 2 aromatic rings. The van der Waals surface area contributed by atoms with E-state index in [1.165, 1.54) is 10.5 Å². The van der Waals surface area contributed by atoms with Crippen LogP contribution in [-0.2, 0) is 0 Å². The summed E-state index contributed by atoms with van der Waals surface area (Å²) >= 11 is 1.70. The van der Waals surface area contributed by atoms with Gasteiger partial charge in [0.15, 0.2) is 0 Å². The SMILES string of the molecule is CCN(C)Sc1cc(C)cc2cc(C#N)[nH]c12. The molecule has 0 amide bonds. The molecular formula is C13H15N3S. The van der Waals surface area contributed by atoms with E-state index in [4.69, 9.17) is 5.26 Å².